The summed E-state index contributed by atoms with van der Waals surface area (Å²) < 4.78 is 3.08. The van der Waals surface area contributed by atoms with Crippen LogP contribution in [0.2, 0.25) is 0 Å². The molecule has 2 aromatic carbocycles. The van der Waals surface area contributed by atoms with E-state index in [4.69, 9.17) is 0 Å². The van der Waals surface area contributed by atoms with Crippen LogP contribution in [-0.2, 0) is 0 Å². The molecule has 0 aliphatic rings. The molecule has 4 aromatic rings. The van der Waals surface area contributed by atoms with E-state index in [9.17, 15) is 14.9 Å². The number of non-ortho nitro benzene ring substituents is 1. The van der Waals surface area contributed by atoms with E-state index in [1.54, 1.807) is 28.9 Å². The fraction of sp³-hybridized carbons (Fsp3) is 0. The fourth-order valence-electron chi connectivity index (χ4n) is 2.72. The van der Waals surface area contributed by atoms with Crippen molar-refractivity contribution < 1.29 is 9.49 Å². The van der Waals surface area contributed by atoms with Gasteiger partial charge in [-0.2, -0.15) is 13.8 Å². The summed E-state index contributed by atoms with van der Waals surface area (Å²) in [6.45, 7) is 0. The lowest BCUT2D eigenvalue weighted by Gasteiger charge is -2.01. The molecule has 0 saturated carbocycles. The van der Waals surface area contributed by atoms with Gasteiger partial charge in [0.2, 0.25) is 0 Å². The van der Waals surface area contributed by atoms with Crippen molar-refractivity contribution in [2.24, 2.45) is 0 Å². The molecule has 6 heteroatoms. The first kappa shape index (κ1) is 12.5. The molecule has 0 fully saturated rings. The van der Waals surface area contributed by atoms with E-state index in [-0.39, 0.29) is 11.4 Å². The Morgan fingerprint density at radius 3 is 2.45 bits per heavy atom. The number of benzene rings is 2. The molecule has 0 aliphatic heterocycles. The van der Waals surface area contributed by atoms with Crippen LogP contribution in [0.25, 0.3) is 22.0 Å². The van der Waals surface area contributed by atoms with Gasteiger partial charge >= 0.3 is 5.69 Å². The van der Waals surface area contributed by atoms with Crippen LogP contribution in [0.3, 0.4) is 0 Å². The average Bonchev–Trinajstić information content (AvgIpc) is 2.97. The molecule has 2 heterocycles. The van der Waals surface area contributed by atoms with Crippen LogP contribution < -0.4 is 10.3 Å². The summed E-state index contributed by atoms with van der Waals surface area (Å²) in [6, 6.07) is 13.6. The van der Waals surface area contributed by atoms with Crippen LogP contribution >= 0.6 is 0 Å². The molecule has 0 spiro atoms. The van der Waals surface area contributed by atoms with Gasteiger partial charge in [0.15, 0.2) is 5.52 Å². The quantitative estimate of drug-likeness (QED) is 0.323. The molecule has 0 atom stereocenters. The Balaban J connectivity index is 2.00. The smallest absolute Gasteiger partial charge is 0.258 e. The first-order valence-corrected chi connectivity index (χ1v) is 6.68. The maximum atomic E-state index is 12.6. The largest absolute Gasteiger partial charge is 0.508 e. The second-order valence-electron chi connectivity index (χ2n) is 5.03. The minimum Gasteiger partial charge on any atom is -0.258 e. The molecule has 0 amide bonds. The third-order valence-electron chi connectivity index (χ3n) is 3.76. The molecular weight excluding hydrogens is 282 g/mol. The van der Waals surface area contributed by atoms with E-state index in [0.29, 0.717) is 5.69 Å². The molecule has 22 heavy (non-hydrogen) atoms. The van der Waals surface area contributed by atoms with Crippen molar-refractivity contribution in [1.29, 1.82) is 0 Å². The number of para-hydroxylation sites is 1. The summed E-state index contributed by atoms with van der Waals surface area (Å²) >= 11 is 0. The van der Waals surface area contributed by atoms with E-state index < -0.39 is 4.92 Å². The van der Waals surface area contributed by atoms with Crippen LogP contribution in [0, 0.1) is 10.1 Å². The van der Waals surface area contributed by atoms with Gasteiger partial charge in [-0.3, -0.25) is 10.1 Å². The molecule has 0 saturated heterocycles. The van der Waals surface area contributed by atoms with Gasteiger partial charge in [-0.05, 0) is 24.3 Å². The Bertz CT molecular complexity index is 1070. The van der Waals surface area contributed by atoms with Gasteiger partial charge in [0.25, 0.3) is 5.69 Å². The van der Waals surface area contributed by atoms with Gasteiger partial charge in [-0.15, -0.1) is 0 Å². The second kappa shape index (κ2) is 4.36. The molecule has 0 radical (unpaired) electrons. The molecule has 0 bridgehead atoms. The maximum Gasteiger partial charge on any atom is 0.508 e. The third kappa shape index (κ3) is 1.67. The molecular formula is C16H10N3O3+. The lowest BCUT2D eigenvalue weighted by Crippen LogP contribution is -2.50. The van der Waals surface area contributed by atoms with Gasteiger partial charge < -0.3 is 0 Å². The van der Waals surface area contributed by atoms with Gasteiger partial charge in [0, 0.05) is 17.5 Å². The highest BCUT2D eigenvalue weighted by Gasteiger charge is 2.18. The number of nitrogens with zero attached hydrogens (tertiary/aromatic N) is 3. The van der Waals surface area contributed by atoms with Gasteiger partial charge in [0.1, 0.15) is 18.1 Å². The minimum absolute atomic E-state index is 0.00281. The number of nitro groups is 1. The third-order valence-corrected chi connectivity index (χ3v) is 3.76. The molecule has 2 aromatic heterocycles. The normalized spacial score (nSPS) is 11.3. The van der Waals surface area contributed by atoms with Crippen molar-refractivity contribution in [3.63, 3.8) is 0 Å². The first-order chi connectivity index (χ1) is 10.6. The Morgan fingerprint density at radius 2 is 1.73 bits per heavy atom. The number of rotatable bonds is 2. The Labute approximate surface area is 124 Å². The zero-order valence-electron chi connectivity index (χ0n) is 11.3. The highest BCUT2D eigenvalue weighted by Crippen LogP contribution is 2.19. The summed E-state index contributed by atoms with van der Waals surface area (Å²) in [5.41, 5.74) is 1.26. The van der Waals surface area contributed by atoms with Crippen molar-refractivity contribution >= 4 is 22.0 Å². The fourth-order valence-corrected chi connectivity index (χ4v) is 2.72. The zero-order chi connectivity index (χ0) is 15.3. The first-order valence-electron chi connectivity index (χ1n) is 6.68. The summed E-state index contributed by atoms with van der Waals surface area (Å²) in [5, 5.41) is 12.7. The maximum absolute atomic E-state index is 12.6. The molecule has 106 valence electrons. The van der Waals surface area contributed by atoms with Crippen LogP contribution in [0.5, 0.6) is 0 Å². The number of nitro benzene ring substituents is 1. The Kier molecular flexibility index (Phi) is 2.47. The number of aromatic nitrogens is 2. The van der Waals surface area contributed by atoms with Crippen LogP contribution in [0.4, 0.5) is 5.69 Å². The Hall–Kier alpha value is -3.28. The topological polar surface area (TPSA) is 68.5 Å². The lowest BCUT2D eigenvalue weighted by molar-refractivity contribution is -0.614. The highest BCUT2D eigenvalue weighted by atomic mass is 16.6. The molecule has 0 unspecified atom stereocenters. The van der Waals surface area contributed by atoms with E-state index in [1.165, 1.54) is 16.7 Å². The predicted molar refractivity (Wildman–Crippen MR) is 80.5 cm³/mol. The van der Waals surface area contributed by atoms with E-state index in [1.807, 2.05) is 24.3 Å². The van der Waals surface area contributed by atoms with Gasteiger partial charge in [-0.25, -0.2) is 0 Å². The van der Waals surface area contributed by atoms with E-state index >= 15 is 0 Å². The number of hydrogen-bond acceptors (Lipinski definition) is 3. The van der Waals surface area contributed by atoms with Crippen molar-refractivity contribution in [2.45, 2.75) is 0 Å². The predicted octanol–water partition coefficient (Wildman–Crippen LogP) is 2.08. The Morgan fingerprint density at radius 1 is 1.00 bits per heavy atom. The molecule has 0 N–H and O–H groups in total. The van der Waals surface area contributed by atoms with Crippen LogP contribution in [0.15, 0.2) is 65.7 Å². The molecule has 4 rings (SSSR count). The average molecular weight is 292 g/mol. The monoisotopic (exact) mass is 292 g/mol. The summed E-state index contributed by atoms with van der Waals surface area (Å²) in [4.78, 5) is 22.9. The van der Waals surface area contributed by atoms with Gasteiger partial charge in [0.05, 0.1) is 10.3 Å². The standard InChI is InChI=1S/C16H10N3O3/c20-16-17-9-8-11-2-1-3-12(15(11)17)10-18(16)13-4-6-14(7-5-13)19(21)22/h1-10H/q+1. The summed E-state index contributed by atoms with van der Waals surface area (Å²) in [7, 11) is 0. The van der Waals surface area contributed by atoms with E-state index in [0.717, 1.165) is 16.3 Å². The van der Waals surface area contributed by atoms with Crippen molar-refractivity contribution in [1.82, 2.24) is 4.40 Å². The number of hydrogen-bond donors (Lipinski definition) is 0. The van der Waals surface area contributed by atoms with Crippen molar-refractivity contribution in [3.05, 3.63) is 81.5 Å². The lowest BCUT2D eigenvalue weighted by atomic mass is 10.2. The zero-order valence-corrected chi connectivity index (χ0v) is 11.3. The minimum atomic E-state index is -0.462. The highest BCUT2D eigenvalue weighted by molar-refractivity contribution is 5.95. The van der Waals surface area contributed by atoms with Crippen LogP contribution in [0.1, 0.15) is 0 Å². The SMILES string of the molecule is O=c1n2ccc3cccc(c[n+]1-c1ccc([N+](=O)[O-])cc1)c32. The van der Waals surface area contributed by atoms with Crippen LogP contribution in [-0.4, -0.2) is 9.32 Å². The summed E-state index contributed by atoms with van der Waals surface area (Å²) in [6.07, 6.45) is 3.49. The van der Waals surface area contributed by atoms with E-state index in [2.05, 4.69) is 0 Å². The molecule has 0 aliphatic carbocycles. The van der Waals surface area contributed by atoms with Crippen molar-refractivity contribution in [3.8, 4) is 5.69 Å². The van der Waals surface area contributed by atoms with Crippen molar-refractivity contribution in [2.75, 3.05) is 0 Å². The van der Waals surface area contributed by atoms with Gasteiger partial charge in [-0.1, -0.05) is 12.1 Å². The molecule has 6 nitrogen and oxygen atoms in total. The summed E-state index contributed by atoms with van der Waals surface area (Å²) in [5.74, 6) is 0. The second-order valence-corrected chi connectivity index (χ2v) is 5.03.